The van der Waals surface area contributed by atoms with Crippen molar-refractivity contribution in [1.82, 2.24) is 9.88 Å². The summed E-state index contributed by atoms with van der Waals surface area (Å²) < 4.78 is 6.43. The number of likely N-dealkylation sites (N-methyl/N-ethyl adjacent to an activating group) is 1. The van der Waals surface area contributed by atoms with Gasteiger partial charge in [-0.25, -0.2) is 4.98 Å². The summed E-state index contributed by atoms with van der Waals surface area (Å²) >= 11 is 8.04. The molecule has 0 spiro atoms. The molecule has 2 saturated heterocycles. The molecule has 1 amide bonds. The van der Waals surface area contributed by atoms with Crippen molar-refractivity contribution in [1.29, 1.82) is 0 Å². The number of aromatic nitrogens is 1. The molecule has 164 valence electrons. The summed E-state index contributed by atoms with van der Waals surface area (Å²) in [6.45, 7) is 4.60. The van der Waals surface area contributed by atoms with Crippen LogP contribution >= 0.6 is 34.9 Å². The van der Waals surface area contributed by atoms with Gasteiger partial charge in [-0.05, 0) is 68.7 Å². The van der Waals surface area contributed by atoms with E-state index in [1.54, 1.807) is 6.08 Å². The van der Waals surface area contributed by atoms with E-state index in [0.29, 0.717) is 11.7 Å². The molecule has 7 nitrogen and oxygen atoms in total. The first-order valence-corrected chi connectivity index (χ1v) is 12.6. The molecule has 0 atom stereocenters. The predicted molar refractivity (Wildman–Crippen MR) is 133 cm³/mol. The first kappa shape index (κ1) is 21.2. The van der Waals surface area contributed by atoms with E-state index in [4.69, 9.17) is 17.0 Å². The highest BCUT2D eigenvalue weighted by molar-refractivity contribution is 7.80. The number of rotatable bonds is 5. The van der Waals surface area contributed by atoms with E-state index in [1.807, 2.05) is 25.1 Å². The number of azo groups is 1. The number of nitrogens with zero attached hydrogens (tertiary/aromatic N) is 5. The number of hydrogen-bond donors (Lipinski definition) is 0. The monoisotopic (exact) mass is 483 g/mol. The van der Waals surface area contributed by atoms with Crippen molar-refractivity contribution >= 4 is 78.1 Å². The van der Waals surface area contributed by atoms with E-state index in [1.165, 1.54) is 52.5 Å². The number of carbonyl (C=O) groups is 1. The van der Waals surface area contributed by atoms with E-state index < -0.39 is 0 Å². The summed E-state index contributed by atoms with van der Waals surface area (Å²) in [5.41, 5.74) is 2.05. The minimum absolute atomic E-state index is 0.201. The second-order valence-electron chi connectivity index (χ2n) is 7.50. The van der Waals surface area contributed by atoms with Crippen LogP contribution in [0.25, 0.3) is 15.6 Å². The Kier molecular flexibility index (Phi) is 5.99. The van der Waals surface area contributed by atoms with Gasteiger partial charge in [-0.2, -0.15) is 0 Å². The number of benzene rings is 1. The molecule has 2 aliphatic heterocycles. The second-order valence-corrected chi connectivity index (χ2v) is 9.93. The van der Waals surface area contributed by atoms with Crippen LogP contribution in [-0.4, -0.2) is 40.6 Å². The molecular formula is C22H21N5O2S3. The number of fused-ring (bicyclic) bond motifs is 1. The minimum atomic E-state index is -0.206. The molecule has 0 radical (unpaired) electrons. The number of piperidine rings is 1. The van der Waals surface area contributed by atoms with Crippen LogP contribution in [0.1, 0.15) is 31.1 Å². The van der Waals surface area contributed by atoms with Crippen molar-refractivity contribution in [2.75, 3.05) is 24.5 Å². The van der Waals surface area contributed by atoms with Gasteiger partial charge in [0, 0.05) is 36.3 Å². The third-order valence-electron chi connectivity index (χ3n) is 5.38. The van der Waals surface area contributed by atoms with E-state index in [-0.39, 0.29) is 16.8 Å². The zero-order valence-corrected chi connectivity index (χ0v) is 19.9. The molecule has 0 bridgehead atoms. The highest BCUT2D eigenvalue weighted by atomic mass is 32.1. The molecule has 2 fully saturated rings. The Morgan fingerprint density at radius 1 is 1.16 bits per heavy atom. The van der Waals surface area contributed by atoms with Crippen LogP contribution in [-0.2, 0) is 9.53 Å². The largest absolute Gasteiger partial charge is 0.425 e. The number of carbonyl (C=O) groups excluding carboxylic acids is 1. The summed E-state index contributed by atoms with van der Waals surface area (Å²) in [4.78, 5) is 22.5. The zero-order chi connectivity index (χ0) is 22.1. The second kappa shape index (κ2) is 9.05. The van der Waals surface area contributed by atoms with Crippen molar-refractivity contribution in [3.63, 3.8) is 0 Å². The predicted octanol–water partition coefficient (Wildman–Crippen LogP) is 6.27. The first-order valence-electron chi connectivity index (χ1n) is 10.5. The van der Waals surface area contributed by atoms with Crippen molar-refractivity contribution in [3.8, 4) is 0 Å². The number of ether oxygens (including phenoxy) is 1. The molecule has 32 heavy (non-hydrogen) atoms. The fourth-order valence-electron chi connectivity index (χ4n) is 3.74. The Bertz CT molecular complexity index is 1190. The van der Waals surface area contributed by atoms with E-state index in [0.717, 1.165) is 33.2 Å². The van der Waals surface area contributed by atoms with Crippen LogP contribution < -0.4 is 4.90 Å². The molecule has 1 aromatic carbocycles. The highest BCUT2D eigenvalue weighted by Crippen LogP contribution is 2.36. The lowest BCUT2D eigenvalue weighted by molar-refractivity contribution is -0.122. The first-order chi connectivity index (χ1) is 15.6. The third kappa shape index (κ3) is 4.30. The van der Waals surface area contributed by atoms with Gasteiger partial charge in [0.1, 0.15) is 4.83 Å². The fraction of sp³-hybridized carbons (Fsp3) is 0.318. The van der Waals surface area contributed by atoms with Gasteiger partial charge in [0.2, 0.25) is 5.13 Å². The Balaban J connectivity index is 1.27. The number of hydrogen-bond acceptors (Lipinski definition) is 9. The van der Waals surface area contributed by atoms with Crippen LogP contribution in [0.2, 0.25) is 0 Å². The molecule has 3 aromatic rings. The molecular weight excluding hydrogens is 462 g/mol. The molecule has 0 aliphatic carbocycles. The maximum absolute atomic E-state index is 12.3. The standard InChI is InChI=1S/C22H21N5O2S3/c1-2-27-20(28)17(29-22(27)30)12-16-13-18-19(31-16)23-21(32-18)25-24-14-6-8-15(9-7-14)26-10-4-3-5-11-26/h6-9,12-13H,2-5,10-11H2,1H3/b17-12+,25-24?. The molecule has 5 rings (SSSR count). The molecule has 10 heteroatoms. The summed E-state index contributed by atoms with van der Waals surface area (Å²) in [5.74, 6) is 0.0432. The molecule has 2 aliphatic rings. The van der Waals surface area contributed by atoms with Gasteiger partial charge in [-0.15, -0.1) is 21.6 Å². The number of amides is 1. The molecule has 0 unspecified atom stereocenters. The smallest absolute Gasteiger partial charge is 0.297 e. The van der Waals surface area contributed by atoms with Crippen LogP contribution in [0.5, 0.6) is 0 Å². The van der Waals surface area contributed by atoms with Crippen LogP contribution in [0.4, 0.5) is 16.5 Å². The summed E-state index contributed by atoms with van der Waals surface area (Å²) in [6.07, 6.45) is 5.56. The number of anilines is 1. The van der Waals surface area contributed by atoms with Crippen molar-refractivity contribution in [2.24, 2.45) is 10.2 Å². The molecule has 0 N–H and O–H groups in total. The Hall–Kier alpha value is -2.69. The van der Waals surface area contributed by atoms with Crippen LogP contribution in [0, 0.1) is 0 Å². The summed E-state index contributed by atoms with van der Waals surface area (Å²) in [5, 5.41) is 9.46. The van der Waals surface area contributed by atoms with Gasteiger partial charge in [0.25, 0.3) is 11.1 Å². The van der Waals surface area contributed by atoms with Gasteiger partial charge in [0.05, 0.1) is 10.4 Å². The lowest BCUT2D eigenvalue weighted by Gasteiger charge is -2.28. The lowest BCUT2D eigenvalue weighted by atomic mass is 10.1. The SMILES string of the molecule is CCN1C(=O)/C(=C\c2cc3sc(N=Nc4ccc(N5CCCCC5)cc4)nc3s2)OC1=S. The van der Waals surface area contributed by atoms with Crippen molar-refractivity contribution < 1.29 is 9.53 Å². The number of thiocarbonyl (C=S) groups is 1. The third-order valence-corrected chi connectivity index (χ3v) is 7.68. The van der Waals surface area contributed by atoms with Gasteiger partial charge < -0.3 is 9.64 Å². The lowest BCUT2D eigenvalue weighted by Crippen LogP contribution is -2.29. The van der Waals surface area contributed by atoms with E-state index in [2.05, 4.69) is 32.2 Å². The van der Waals surface area contributed by atoms with E-state index >= 15 is 0 Å². The van der Waals surface area contributed by atoms with E-state index in [9.17, 15) is 4.79 Å². The van der Waals surface area contributed by atoms with Crippen molar-refractivity contribution in [2.45, 2.75) is 26.2 Å². The van der Waals surface area contributed by atoms with Gasteiger partial charge in [-0.1, -0.05) is 11.3 Å². The average molecular weight is 484 g/mol. The quantitative estimate of drug-likeness (QED) is 0.243. The maximum atomic E-state index is 12.3. The van der Waals surface area contributed by atoms with Gasteiger partial charge in [-0.3, -0.25) is 9.69 Å². The van der Waals surface area contributed by atoms with Crippen LogP contribution in [0.3, 0.4) is 0 Å². The normalized spacial score (nSPS) is 18.5. The van der Waals surface area contributed by atoms with Gasteiger partial charge >= 0.3 is 0 Å². The Labute approximate surface area is 199 Å². The minimum Gasteiger partial charge on any atom is -0.425 e. The fourth-order valence-corrected chi connectivity index (χ4v) is 6.02. The zero-order valence-electron chi connectivity index (χ0n) is 17.5. The van der Waals surface area contributed by atoms with Gasteiger partial charge in [0.15, 0.2) is 5.76 Å². The number of thiazole rings is 1. The molecule has 4 heterocycles. The summed E-state index contributed by atoms with van der Waals surface area (Å²) in [7, 11) is 0. The topological polar surface area (TPSA) is 70.4 Å². The average Bonchev–Trinajstić information content (AvgIpc) is 3.44. The maximum Gasteiger partial charge on any atom is 0.297 e. The molecule has 0 saturated carbocycles. The van der Waals surface area contributed by atoms with Crippen molar-refractivity contribution in [3.05, 3.63) is 41.0 Å². The molecule has 2 aromatic heterocycles. The van der Waals surface area contributed by atoms with Crippen LogP contribution in [0.15, 0.2) is 46.3 Å². The Morgan fingerprint density at radius 3 is 2.62 bits per heavy atom. The summed E-state index contributed by atoms with van der Waals surface area (Å²) in [6, 6.07) is 10.2. The number of thiophene rings is 1. The highest BCUT2D eigenvalue weighted by Gasteiger charge is 2.32. The Morgan fingerprint density at radius 2 is 1.94 bits per heavy atom.